The van der Waals surface area contributed by atoms with Crippen LogP contribution in [-0.4, -0.2) is 51.0 Å². The van der Waals surface area contributed by atoms with E-state index in [9.17, 15) is 18.0 Å². The van der Waals surface area contributed by atoms with Gasteiger partial charge < -0.3 is 10.2 Å². The first-order valence-electron chi connectivity index (χ1n) is 9.75. The zero-order chi connectivity index (χ0) is 23.3. The molecule has 0 unspecified atom stereocenters. The molecule has 0 aliphatic heterocycles. The third-order valence-electron chi connectivity index (χ3n) is 5.18. The number of halogens is 1. The number of benzene rings is 2. The van der Waals surface area contributed by atoms with Gasteiger partial charge in [0.05, 0.1) is 11.9 Å². The van der Waals surface area contributed by atoms with Gasteiger partial charge >= 0.3 is 0 Å². The van der Waals surface area contributed by atoms with Gasteiger partial charge in [0.15, 0.2) is 0 Å². The Balaban J connectivity index is 2.43. The molecule has 0 saturated carbocycles. The lowest BCUT2D eigenvalue weighted by Gasteiger charge is -2.31. The summed E-state index contributed by atoms with van der Waals surface area (Å²) in [6, 6.07) is 11.4. The number of carbonyl (C=O) groups is 2. The number of nitrogens with one attached hydrogen (secondary N) is 1. The minimum Gasteiger partial charge on any atom is -0.357 e. The summed E-state index contributed by atoms with van der Waals surface area (Å²) in [6.07, 6.45) is 1.06. The molecule has 0 radical (unpaired) electrons. The van der Waals surface area contributed by atoms with E-state index < -0.39 is 28.5 Å². The fourth-order valence-electron chi connectivity index (χ4n) is 3.22. The van der Waals surface area contributed by atoms with E-state index in [-0.39, 0.29) is 12.5 Å². The Kier molecular flexibility index (Phi) is 8.08. The molecule has 0 aliphatic carbocycles. The molecule has 0 spiro atoms. The number of likely N-dealkylation sites (N-methyl/N-ethyl adjacent to an activating group) is 1. The molecule has 31 heavy (non-hydrogen) atoms. The van der Waals surface area contributed by atoms with Crippen LogP contribution in [0.25, 0.3) is 0 Å². The van der Waals surface area contributed by atoms with E-state index in [4.69, 9.17) is 11.6 Å². The molecule has 7 nitrogen and oxygen atoms in total. The average molecular weight is 466 g/mol. The highest BCUT2D eigenvalue weighted by atomic mass is 35.5. The Labute approximate surface area is 189 Å². The second kappa shape index (κ2) is 10.2. The van der Waals surface area contributed by atoms with Crippen molar-refractivity contribution in [3.05, 3.63) is 64.2 Å². The van der Waals surface area contributed by atoms with Crippen LogP contribution >= 0.6 is 11.6 Å². The van der Waals surface area contributed by atoms with E-state index in [1.807, 2.05) is 19.9 Å². The number of aryl methyl sites for hydroxylation is 1. The topological polar surface area (TPSA) is 86.8 Å². The van der Waals surface area contributed by atoms with Gasteiger partial charge in [-0.2, -0.15) is 0 Å². The van der Waals surface area contributed by atoms with Crippen molar-refractivity contribution >= 4 is 39.1 Å². The summed E-state index contributed by atoms with van der Waals surface area (Å²) in [5.74, 6) is -0.851. The molecule has 0 aliphatic rings. The SMILES string of the molecule is CNC(=O)[C@@H](C)N(Cc1cccc(Cl)c1)C(=O)CN(c1cccc(C)c1C)S(C)(=O)=O. The lowest BCUT2D eigenvalue weighted by atomic mass is 10.1. The third-order valence-corrected chi connectivity index (χ3v) is 6.54. The van der Waals surface area contributed by atoms with Crippen LogP contribution in [0.5, 0.6) is 0 Å². The Morgan fingerprint density at radius 1 is 1.13 bits per heavy atom. The molecule has 0 saturated heterocycles. The van der Waals surface area contributed by atoms with Crippen LogP contribution in [-0.2, 0) is 26.2 Å². The number of sulfonamides is 1. The molecular formula is C22H28ClN3O4S. The van der Waals surface area contributed by atoms with Crippen molar-refractivity contribution < 1.29 is 18.0 Å². The summed E-state index contributed by atoms with van der Waals surface area (Å²) < 4.78 is 26.2. The highest BCUT2D eigenvalue weighted by molar-refractivity contribution is 7.92. The van der Waals surface area contributed by atoms with Crippen LogP contribution in [0.2, 0.25) is 5.02 Å². The van der Waals surface area contributed by atoms with Gasteiger partial charge in [-0.3, -0.25) is 13.9 Å². The molecule has 2 amide bonds. The van der Waals surface area contributed by atoms with Crippen LogP contribution < -0.4 is 9.62 Å². The number of nitrogens with zero attached hydrogens (tertiary/aromatic N) is 2. The van der Waals surface area contributed by atoms with E-state index in [1.54, 1.807) is 43.3 Å². The summed E-state index contributed by atoms with van der Waals surface area (Å²) in [6.45, 7) is 4.97. The minimum atomic E-state index is -3.75. The fraction of sp³-hybridized carbons (Fsp3) is 0.364. The van der Waals surface area contributed by atoms with Crippen molar-refractivity contribution in [2.75, 3.05) is 24.2 Å². The normalized spacial score (nSPS) is 12.2. The number of hydrogen-bond donors (Lipinski definition) is 1. The highest BCUT2D eigenvalue weighted by Gasteiger charge is 2.30. The van der Waals surface area contributed by atoms with Crippen molar-refractivity contribution in [3.8, 4) is 0 Å². The molecule has 168 valence electrons. The number of anilines is 1. The first-order valence-corrected chi connectivity index (χ1v) is 12.0. The van der Waals surface area contributed by atoms with Crippen molar-refractivity contribution in [2.24, 2.45) is 0 Å². The lowest BCUT2D eigenvalue weighted by Crippen LogP contribution is -2.50. The minimum absolute atomic E-state index is 0.110. The van der Waals surface area contributed by atoms with Crippen molar-refractivity contribution in [1.82, 2.24) is 10.2 Å². The van der Waals surface area contributed by atoms with Crippen molar-refractivity contribution in [1.29, 1.82) is 0 Å². The molecule has 0 bridgehead atoms. The maximum Gasteiger partial charge on any atom is 0.244 e. The van der Waals surface area contributed by atoms with Crippen molar-refractivity contribution in [2.45, 2.75) is 33.4 Å². The van der Waals surface area contributed by atoms with Crippen molar-refractivity contribution in [3.63, 3.8) is 0 Å². The largest absolute Gasteiger partial charge is 0.357 e. The molecule has 0 fully saturated rings. The maximum absolute atomic E-state index is 13.3. The van der Waals surface area contributed by atoms with Crippen LogP contribution in [0.15, 0.2) is 42.5 Å². The molecule has 0 aromatic heterocycles. The molecule has 2 aromatic rings. The average Bonchev–Trinajstić information content (AvgIpc) is 2.70. The van der Waals surface area contributed by atoms with Gasteiger partial charge in [0, 0.05) is 18.6 Å². The van der Waals surface area contributed by atoms with Gasteiger partial charge in [-0.1, -0.05) is 35.9 Å². The molecular weight excluding hydrogens is 438 g/mol. The summed E-state index contributed by atoms with van der Waals surface area (Å²) in [4.78, 5) is 27.0. The van der Waals surface area contributed by atoms with Crippen LogP contribution in [0.1, 0.15) is 23.6 Å². The number of amides is 2. The highest BCUT2D eigenvalue weighted by Crippen LogP contribution is 2.25. The Bertz CT molecular complexity index is 1070. The van der Waals surface area contributed by atoms with Gasteiger partial charge in [-0.25, -0.2) is 8.42 Å². The third kappa shape index (κ3) is 6.21. The molecule has 2 aromatic carbocycles. The smallest absolute Gasteiger partial charge is 0.244 e. The standard InChI is InChI=1S/C22H28ClN3O4S/c1-15-8-6-11-20(16(15)2)26(31(5,29)30)14-21(27)25(17(3)22(28)24-4)13-18-9-7-10-19(23)12-18/h6-12,17H,13-14H2,1-5H3,(H,24,28)/t17-/m1/s1. The monoisotopic (exact) mass is 465 g/mol. The maximum atomic E-state index is 13.3. The van der Waals surface area contributed by atoms with Crippen LogP contribution in [0, 0.1) is 13.8 Å². The van der Waals surface area contributed by atoms with E-state index >= 15 is 0 Å². The molecule has 1 N–H and O–H groups in total. The number of rotatable bonds is 8. The van der Waals surface area contributed by atoms with E-state index in [0.29, 0.717) is 10.7 Å². The molecule has 1 atom stereocenters. The Morgan fingerprint density at radius 3 is 2.35 bits per heavy atom. The Hall–Kier alpha value is -2.58. The number of carbonyl (C=O) groups excluding carboxylic acids is 2. The zero-order valence-corrected chi connectivity index (χ0v) is 19.9. The van der Waals surface area contributed by atoms with Gasteiger partial charge in [0.25, 0.3) is 0 Å². The Morgan fingerprint density at radius 2 is 1.77 bits per heavy atom. The first kappa shape index (κ1) is 24.7. The summed E-state index contributed by atoms with van der Waals surface area (Å²) in [5, 5.41) is 3.04. The lowest BCUT2D eigenvalue weighted by molar-refractivity contribution is -0.139. The molecule has 9 heteroatoms. The van der Waals surface area contributed by atoms with Gasteiger partial charge in [0.2, 0.25) is 21.8 Å². The predicted octanol–water partition coefficient (Wildman–Crippen LogP) is 2.89. The predicted molar refractivity (Wildman–Crippen MR) is 124 cm³/mol. The second-order valence-electron chi connectivity index (χ2n) is 7.43. The second-order valence-corrected chi connectivity index (χ2v) is 9.77. The quantitative estimate of drug-likeness (QED) is 0.649. The van der Waals surface area contributed by atoms with E-state index in [0.717, 1.165) is 27.3 Å². The summed E-state index contributed by atoms with van der Waals surface area (Å²) >= 11 is 6.06. The van der Waals surface area contributed by atoms with Gasteiger partial charge in [-0.15, -0.1) is 0 Å². The fourth-order valence-corrected chi connectivity index (χ4v) is 4.34. The summed E-state index contributed by atoms with van der Waals surface area (Å²) in [5.41, 5.74) is 2.84. The van der Waals surface area contributed by atoms with E-state index in [1.165, 1.54) is 11.9 Å². The number of hydrogen-bond acceptors (Lipinski definition) is 4. The van der Waals surface area contributed by atoms with Crippen LogP contribution in [0.3, 0.4) is 0 Å². The zero-order valence-electron chi connectivity index (χ0n) is 18.3. The van der Waals surface area contributed by atoms with Gasteiger partial charge in [-0.05, 0) is 55.7 Å². The summed E-state index contributed by atoms with van der Waals surface area (Å²) in [7, 11) is -2.27. The van der Waals surface area contributed by atoms with Crippen LogP contribution in [0.4, 0.5) is 5.69 Å². The van der Waals surface area contributed by atoms with Gasteiger partial charge in [0.1, 0.15) is 12.6 Å². The first-order chi connectivity index (χ1) is 14.5. The molecule has 0 heterocycles. The van der Waals surface area contributed by atoms with E-state index in [2.05, 4.69) is 5.32 Å². The molecule has 2 rings (SSSR count).